The van der Waals surface area contributed by atoms with Gasteiger partial charge in [0.05, 0.1) is 12.2 Å². The third-order valence-electron chi connectivity index (χ3n) is 5.41. The van der Waals surface area contributed by atoms with E-state index in [0.717, 1.165) is 25.2 Å². The fourth-order valence-corrected chi connectivity index (χ4v) is 3.46. The average molecular weight is 424 g/mol. The van der Waals surface area contributed by atoms with Crippen LogP contribution in [0.4, 0.5) is 5.69 Å². The number of rotatable bonds is 10. The SMILES string of the molecule is CCN(CC)CCOc1ccccc1NC(=O)c1ccc(CN2C(=O)CCC2=O)cc1. The molecule has 0 aliphatic carbocycles. The number of benzene rings is 2. The minimum atomic E-state index is -0.250. The standard InChI is InChI=1S/C24H29N3O4/c1-3-26(4-2)15-16-31-21-8-6-5-7-20(21)25-24(30)19-11-9-18(10-12-19)17-27-22(28)13-14-23(27)29/h5-12H,3-4,13-17H2,1-2H3,(H,25,30). The Bertz CT molecular complexity index is 907. The monoisotopic (exact) mass is 423 g/mol. The van der Waals surface area contributed by atoms with Crippen molar-refractivity contribution in [1.82, 2.24) is 9.80 Å². The molecule has 1 saturated heterocycles. The number of carbonyl (C=O) groups excluding carboxylic acids is 3. The van der Waals surface area contributed by atoms with Crippen LogP contribution in [0.3, 0.4) is 0 Å². The lowest BCUT2D eigenvalue weighted by Gasteiger charge is -2.19. The van der Waals surface area contributed by atoms with Crippen LogP contribution in [-0.4, -0.2) is 53.8 Å². The van der Waals surface area contributed by atoms with Gasteiger partial charge in [0.15, 0.2) is 0 Å². The molecule has 164 valence electrons. The Kier molecular flexibility index (Phi) is 7.78. The smallest absolute Gasteiger partial charge is 0.255 e. The van der Waals surface area contributed by atoms with E-state index in [-0.39, 0.29) is 37.1 Å². The van der Waals surface area contributed by atoms with Crippen LogP contribution < -0.4 is 10.1 Å². The highest BCUT2D eigenvalue weighted by Gasteiger charge is 2.28. The fourth-order valence-electron chi connectivity index (χ4n) is 3.46. The Morgan fingerprint density at radius 1 is 1.00 bits per heavy atom. The predicted molar refractivity (Wildman–Crippen MR) is 119 cm³/mol. The number of ether oxygens (including phenoxy) is 1. The third-order valence-corrected chi connectivity index (χ3v) is 5.41. The minimum Gasteiger partial charge on any atom is -0.490 e. The number of anilines is 1. The number of imide groups is 1. The second-order valence-electron chi connectivity index (χ2n) is 7.40. The van der Waals surface area contributed by atoms with Gasteiger partial charge < -0.3 is 15.0 Å². The third kappa shape index (κ3) is 5.92. The lowest BCUT2D eigenvalue weighted by Crippen LogP contribution is -2.28. The van der Waals surface area contributed by atoms with E-state index < -0.39 is 0 Å². The first kappa shape index (κ1) is 22.5. The van der Waals surface area contributed by atoms with E-state index in [4.69, 9.17) is 4.74 Å². The van der Waals surface area contributed by atoms with Crippen molar-refractivity contribution in [3.05, 3.63) is 59.7 Å². The Labute approximate surface area is 183 Å². The van der Waals surface area contributed by atoms with Gasteiger partial charge >= 0.3 is 0 Å². The van der Waals surface area contributed by atoms with Crippen LogP contribution in [0.15, 0.2) is 48.5 Å². The first-order valence-electron chi connectivity index (χ1n) is 10.7. The molecule has 31 heavy (non-hydrogen) atoms. The molecule has 7 heteroatoms. The summed E-state index contributed by atoms with van der Waals surface area (Å²) in [6.45, 7) is 7.76. The van der Waals surface area contributed by atoms with Crippen LogP contribution >= 0.6 is 0 Å². The number of likely N-dealkylation sites (N-methyl/N-ethyl adjacent to an activating group) is 1. The number of likely N-dealkylation sites (tertiary alicyclic amines) is 1. The van der Waals surface area contributed by atoms with Gasteiger partial charge in [-0.1, -0.05) is 38.1 Å². The van der Waals surface area contributed by atoms with Crippen LogP contribution in [0.5, 0.6) is 5.75 Å². The highest BCUT2D eigenvalue weighted by Crippen LogP contribution is 2.24. The van der Waals surface area contributed by atoms with Gasteiger partial charge in [0.25, 0.3) is 5.91 Å². The van der Waals surface area contributed by atoms with Crippen LogP contribution in [0.2, 0.25) is 0 Å². The molecule has 1 aliphatic heterocycles. The Morgan fingerprint density at radius 2 is 1.65 bits per heavy atom. The first-order chi connectivity index (χ1) is 15.0. The maximum Gasteiger partial charge on any atom is 0.255 e. The molecule has 3 rings (SSSR count). The van der Waals surface area contributed by atoms with Crippen molar-refractivity contribution >= 4 is 23.4 Å². The zero-order chi connectivity index (χ0) is 22.2. The van der Waals surface area contributed by atoms with Crippen molar-refractivity contribution < 1.29 is 19.1 Å². The van der Waals surface area contributed by atoms with E-state index in [2.05, 4.69) is 24.1 Å². The van der Waals surface area contributed by atoms with Gasteiger partial charge in [-0.15, -0.1) is 0 Å². The predicted octanol–water partition coefficient (Wildman–Crippen LogP) is 3.31. The number of nitrogens with one attached hydrogen (secondary N) is 1. The van der Waals surface area contributed by atoms with Crippen molar-refractivity contribution in [2.75, 3.05) is 31.6 Å². The second-order valence-corrected chi connectivity index (χ2v) is 7.40. The van der Waals surface area contributed by atoms with Crippen molar-refractivity contribution in [2.24, 2.45) is 0 Å². The number of hydrogen-bond acceptors (Lipinski definition) is 5. The Balaban J connectivity index is 1.60. The van der Waals surface area contributed by atoms with Crippen molar-refractivity contribution in [2.45, 2.75) is 33.2 Å². The molecule has 3 amide bonds. The summed E-state index contributed by atoms with van der Waals surface area (Å²) >= 11 is 0. The summed E-state index contributed by atoms with van der Waals surface area (Å²) in [7, 11) is 0. The topological polar surface area (TPSA) is 79.0 Å². The van der Waals surface area contributed by atoms with E-state index in [1.54, 1.807) is 24.3 Å². The van der Waals surface area contributed by atoms with Crippen molar-refractivity contribution in [3.8, 4) is 5.75 Å². The Hall–Kier alpha value is -3.19. The molecule has 0 spiro atoms. The molecule has 1 heterocycles. The molecule has 0 aromatic heterocycles. The summed E-state index contributed by atoms with van der Waals surface area (Å²) < 4.78 is 5.90. The van der Waals surface area contributed by atoms with Crippen LogP contribution in [0.25, 0.3) is 0 Å². The quantitative estimate of drug-likeness (QED) is 0.593. The zero-order valence-corrected chi connectivity index (χ0v) is 18.1. The summed E-state index contributed by atoms with van der Waals surface area (Å²) in [5, 5.41) is 2.90. The molecule has 0 radical (unpaired) electrons. The summed E-state index contributed by atoms with van der Waals surface area (Å²) in [6.07, 6.45) is 0.547. The van der Waals surface area contributed by atoms with E-state index in [1.165, 1.54) is 4.90 Å². The lowest BCUT2D eigenvalue weighted by molar-refractivity contribution is -0.139. The molecule has 2 aromatic carbocycles. The van der Waals surface area contributed by atoms with Gasteiger partial charge in [-0.25, -0.2) is 0 Å². The fraction of sp³-hybridized carbons (Fsp3) is 0.375. The van der Waals surface area contributed by atoms with E-state index in [1.807, 2.05) is 24.3 Å². The van der Waals surface area contributed by atoms with Crippen molar-refractivity contribution in [1.29, 1.82) is 0 Å². The zero-order valence-electron chi connectivity index (χ0n) is 18.1. The van der Waals surface area contributed by atoms with Gasteiger partial charge in [-0.3, -0.25) is 19.3 Å². The van der Waals surface area contributed by atoms with E-state index >= 15 is 0 Å². The molecule has 0 atom stereocenters. The highest BCUT2D eigenvalue weighted by molar-refractivity contribution is 6.05. The summed E-state index contributed by atoms with van der Waals surface area (Å²) in [4.78, 5) is 39.8. The minimum absolute atomic E-state index is 0.149. The molecule has 7 nitrogen and oxygen atoms in total. The largest absolute Gasteiger partial charge is 0.490 e. The van der Waals surface area contributed by atoms with E-state index in [0.29, 0.717) is 23.6 Å². The summed E-state index contributed by atoms with van der Waals surface area (Å²) in [5.74, 6) is 0.0826. The van der Waals surface area contributed by atoms with Crippen LogP contribution in [0.1, 0.15) is 42.6 Å². The maximum atomic E-state index is 12.7. The number of amides is 3. The molecule has 0 unspecified atom stereocenters. The molecular formula is C24H29N3O4. The highest BCUT2D eigenvalue weighted by atomic mass is 16.5. The number of carbonyl (C=O) groups is 3. The van der Waals surface area contributed by atoms with Gasteiger partial charge in [0.2, 0.25) is 11.8 Å². The molecule has 1 N–H and O–H groups in total. The molecule has 1 aliphatic rings. The molecule has 0 saturated carbocycles. The van der Waals surface area contributed by atoms with Gasteiger partial charge in [0.1, 0.15) is 12.4 Å². The average Bonchev–Trinajstić information content (AvgIpc) is 3.10. The van der Waals surface area contributed by atoms with Crippen LogP contribution in [-0.2, 0) is 16.1 Å². The number of hydrogen-bond donors (Lipinski definition) is 1. The molecule has 0 bridgehead atoms. The van der Waals surface area contributed by atoms with E-state index in [9.17, 15) is 14.4 Å². The molecule has 1 fully saturated rings. The van der Waals surface area contributed by atoms with Gasteiger partial charge in [-0.05, 0) is 42.9 Å². The Morgan fingerprint density at radius 3 is 2.29 bits per heavy atom. The van der Waals surface area contributed by atoms with Gasteiger partial charge in [0, 0.05) is 24.9 Å². The first-order valence-corrected chi connectivity index (χ1v) is 10.7. The summed E-state index contributed by atoms with van der Waals surface area (Å²) in [6, 6.07) is 14.3. The molecule has 2 aromatic rings. The number of para-hydroxylation sites is 2. The maximum absolute atomic E-state index is 12.7. The van der Waals surface area contributed by atoms with Crippen LogP contribution in [0, 0.1) is 0 Å². The molecular weight excluding hydrogens is 394 g/mol. The normalized spacial score (nSPS) is 13.7. The van der Waals surface area contributed by atoms with Crippen molar-refractivity contribution in [3.63, 3.8) is 0 Å². The lowest BCUT2D eigenvalue weighted by atomic mass is 10.1. The van der Waals surface area contributed by atoms with Gasteiger partial charge in [-0.2, -0.15) is 0 Å². The summed E-state index contributed by atoms with van der Waals surface area (Å²) in [5.41, 5.74) is 1.91. The number of nitrogens with zero attached hydrogens (tertiary/aromatic N) is 2. The second kappa shape index (κ2) is 10.7.